The van der Waals surface area contributed by atoms with Gasteiger partial charge < -0.3 is 15.0 Å². The van der Waals surface area contributed by atoms with Crippen LogP contribution in [0.2, 0.25) is 0 Å². The molecule has 1 aromatic rings. The molecule has 0 radical (unpaired) electrons. The van der Waals surface area contributed by atoms with Crippen LogP contribution in [0.5, 0.6) is 0 Å². The molecule has 2 N–H and O–H groups in total. The van der Waals surface area contributed by atoms with Gasteiger partial charge in [0.25, 0.3) is 11.8 Å². The zero-order chi connectivity index (χ0) is 23.4. The molecule has 0 saturated carbocycles. The number of carbonyl (C=O) groups is 4. The summed E-state index contributed by atoms with van der Waals surface area (Å²) in [5.74, 6) is -1.92. The number of amides is 4. The second-order valence-electron chi connectivity index (χ2n) is 8.58. The lowest BCUT2D eigenvalue weighted by atomic mass is 10.0. The number of hydrogen-bond acceptors (Lipinski definition) is 8. The Morgan fingerprint density at radius 2 is 1.79 bits per heavy atom. The summed E-state index contributed by atoms with van der Waals surface area (Å²) in [4.78, 5) is 55.1. The molecule has 178 valence electrons. The van der Waals surface area contributed by atoms with E-state index >= 15 is 0 Å². The second-order valence-corrected chi connectivity index (χ2v) is 8.58. The first-order chi connectivity index (χ1) is 16.0. The Labute approximate surface area is 193 Å². The summed E-state index contributed by atoms with van der Waals surface area (Å²) in [7, 11) is 1.93. The normalized spacial score (nSPS) is 21.5. The molecule has 33 heavy (non-hydrogen) atoms. The number of piperidine rings is 1. The summed E-state index contributed by atoms with van der Waals surface area (Å²) in [5, 5.41) is 5.32. The van der Waals surface area contributed by atoms with Crippen LogP contribution in [0.3, 0.4) is 0 Å². The van der Waals surface area contributed by atoms with Crippen molar-refractivity contribution in [1.29, 1.82) is 0 Å². The Morgan fingerprint density at radius 3 is 2.52 bits per heavy atom. The largest absolute Gasteiger partial charge is 0.380 e. The third kappa shape index (κ3) is 5.07. The van der Waals surface area contributed by atoms with E-state index in [-0.39, 0.29) is 18.7 Å². The van der Waals surface area contributed by atoms with Crippen molar-refractivity contribution in [2.45, 2.75) is 25.3 Å². The number of nitrogens with zero attached hydrogens (tertiary/aromatic N) is 3. The quantitative estimate of drug-likeness (QED) is 0.389. The Bertz CT molecular complexity index is 928. The number of rotatable bonds is 9. The van der Waals surface area contributed by atoms with E-state index in [9.17, 15) is 19.2 Å². The maximum atomic E-state index is 13.0. The van der Waals surface area contributed by atoms with E-state index in [1.165, 1.54) is 0 Å². The van der Waals surface area contributed by atoms with Crippen molar-refractivity contribution in [1.82, 2.24) is 20.4 Å². The lowest BCUT2D eigenvalue weighted by Crippen LogP contribution is -2.54. The SMILES string of the molecule is CNCCCOCCN1CCN(c2ccc3c(c2)C(=O)N(C2CCC(=O)NC2=O)C3=O)CC1. The number of benzene rings is 1. The van der Waals surface area contributed by atoms with Crippen molar-refractivity contribution in [2.75, 3.05) is 64.4 Å². The highest BCUT2D eigenvalue weighted by atomic mass is 16.5. The fourth-order valence-electron chi connectivity index (χ4n) is 4.53. The van der Waals surface area contributed by atoms with Gasteiger partial charge in [-0.3, -0.25) is 34.3 Å². The third-order valence-corrected chi connectivity index (χ3v) is 6.43. The van der Waals surface area contributed by atoms with Gasteiger partial charge in [0.2, 0.25) is 11.8 Å². The first-order valence-corrected chi connectivity index (χ1v) is 11.5. The zero-order valence-corrected chi connectivity index (χ0v) is 19.0. The van der Waals surface area contributed by atoms with E-state index in [1.807, 2.05) is 13.1 Å². The van der Waals surface area contributed by atoms with Gasteiger partial charge in [-0.2, -0.15) is 0 Å². The molecule has 0 spiro atoms. The lowest BCUT2D eigenvalue weighted by Gasteiger charge is -2.36. The van der Waals surface area contributed by atoms with E-state index in [0.717, 1.165) is 69.5 Å². The molecule has 1 unspecified atom stereocenters. The van der Waals surface area contributed by atoms with Crippen molar-refractivity contribution >= 4 is 29.3 Å². The monoisotopic (exact) mass is 457 g/mol. The Balaban J connectivity index is 1.33. The van der Waals surface area contributed by atoms with Gasteiger partial charge in [0.15, 0.2) is 0 Å². The van der Waals surface area contributed by atoms with Crippen molar-refractivity contribution < 1.29 is 23.9 Å². The Morgan fingerprint density at radius 1 is 1.03 bits per heavy atom. The molecular weight excluding hydrogens is 426 g/mol. The maximum absolute atomic E-state index is 13.0. The number of carbonyl (C=O) groups excluding carboxylic acids is 4. The van der Waals surface area contributed by atoms with Crippen molar-refractivity contribution in [3.63, 3.8) is 0 Å². The molecule has 10 heteroatoms. The van der Waals surface area contributed by atoms with Crippen LogP contribution in [0.1, 0.15) is 40.0 Å². The molecule has 4 amide bonds. The highest BCUT2D eigenvalue weighted by Crippen LogP contribution is 2.31. The van der Waals surface area contributed by atoms with Gasteiger partial charge in [-0.25, -0.2) is 0 Å². The number of fused-ring (bicyclic) bond motifs is 1. The molecule has 3 heterocycles. The summed E-state index contributed by atoms with van der Waals surface area (Å²) in [5.41, 5.74) is 1.52. The maximum Gasteiger partial charge on any atom is 0.262 e. The number of hydrogen-bond donors (Lipinski definition) is 2. The topological polar surface area (TPSA) is 111 Å². The number of anilines is 1. The van der Waals surface area contributed by atoms with E-state index in [0.29, 0.717) is 11.1 Å². The van der Waals surface area contributed by atoms with Crippen molar-refractivity contribution in [2.24, 2.45) is 0 Å². The predicted octanol–water partition coefficient (Wildman–Crippen LogP) is -0.164. The highest BCUT2D eigenvalue weighted by Gasteiger charge is 2.44. The summed E-state index contributed by atoms with van der Waals surface area (Å²) < 4.78 is 5.68. The van der Waals surface area contributed by atoms with Gasteiger partial charge in [0.05, 0.1) is 17.7 Å². The Hall–Kier alpha value is -2.82. The molecule has 0 aromatic heterocycles. The predicted molar refractivity (Wildman–Crippen MR) is 121 cm³/mol. The minimum atomic E-state index is -0.942. The van der Waals surface area contributed by atoms with Gasteiger partial charge >= 0.3 is 0 Å². The molecule has 4 rings (SSSR count). The van der Waals surface area contributed by atoms with Crippen LogP contribution >= 0.6 is 0 Å². The van der Waals surface area contributed by atoms with Gasteiger partial charge in [0, 0.05) is 51.4 Å². The van der Waals surface area contributed by atoms with E-state index in [2.05, 4.69) is 20.4 Å². The standard InChI is InChI=1S/C23H31N5O5/c1-24-7-2-13-33-14-12-26-8-10-27(11-9-26)16-3-4-17-18(15-16)23(32)28(22(17)31)19-5-6-20(29)25-21(19)30/h3-4,15,19,24H,2,5-14H2,1H3,(H,25,29,30). The molecule has 10 nitrogen and oxygen atoms in total. The molecular formula is C23H31N5O5. The number of piperazine rings is 1. The van der Waals surface area contributed by atoms with Crippen LogP contribution < -0.4 is 15.5 Å². The second kappa shape index (κ2) is 10.4. The van der Waals surface area contributed by atoms with Crippen LogP contribution in [0, 0.1) is 0 Å². The molecule has 0 aliphatic carbocycles. The van der Waals surface area contributed by atoms with Crippen LogP contribution in [-0.2, 0) is 14.3 Å². The molecule has 2 fully saturated rings. The van der Waals surface area contributed by atoms with Crippen molar-refractivity contribution in [3.8, 4) is 0 Å². The van der Waals surface area contributed by atoms with Gasteiger partial charge in [-0.15, -0.1) is 0 Å². The molecule has 2 saturated heterocycles. The lowest BCUT2D eigenvalue weighted by molar-refractivity contribution is -0.136. The highest BCUT2D eigenvalue weighted by molar-refractivity contribution is 6.23. The third-order valence-electron chi connectivity index (χ3n) is 6.43. The molecule has 1 aromatic carbocycles. The molecule has 3 aliphatic rings. The van der Waals surface area contributed by atoms with Crippen LogP contribution in [0.25, 0.3) is 0 Å². The summed E-state index contributed by atoms with van der Waals surface area (Å²) in [6.45, 7) is 6.76. The zero-order valence-electron chi connectivity index (χ0n) is 19.0. The van der Waals surface area contributed by atoms with Gasteiger partial charge in [-0.1, -0.05) is 0 Å². The average Bonchev–Trinajstić information content (AvgIpc) is 3.06. The first kappa shape index (κ1) is 23.3. The minimum absolute atomic E-state index is 0.111. The smallest absolute Gasteiger partial charge is 0.262 e. The van der Waals surface area contributed by atoms with Crippen molar-refractivity contribution in [3.05, 3.63) is 29.3 Å². The summed E-state index contributed by atoms with van der Waals surface area (Å²) in [6.07, 6.45) is 1.27. The minimum Gasteiger partial charge on any atom is -0.380 e. The van der Waals surface area contributed by atoms with E-state index in [4.69, 9.17) is 4.74 Å². The van der Waals surface area contributed by atoms with E-state index < -0.39 is 23.8 Å². The number of nitrogens with one attached hydrogen (secondary N) is 2. The summed E-state index contributed by atoms with van der Waals surface area (Å²) in [6, 6.07) is 4.34. The number of imide groups is 2. The molecule has 0 bridgehead atoms. The summed E-state index contributed by atoms with van der Waals surface area (Å²) >= 11 is 0. The molecule has 1 atom stereocenters. The fraction of sp³-hybridized carbons (Fsp3) is 0.565. The van der Waals surface area contributed by atoms with Crippen LogP contribution in [0.4, 0.5) is 5.69 Å². The number of ether oxygens (including phenoxy) is 1. The Kier molecular flexibility index (Phi) is 7.36. The molecule has 3 aliphatic heterocycles. The van der Waals surface area contributed by atoms with Gasteiger partial charge in [-0.05, 0) is 44.6 Å². The van der Waals surface area contributed by atoms with Crippen LogP contribution in [-0.4, -0.2) is 99.0 Å². The fourth-order valence-corrected chi connectivity index (χ4v) is 4.53. The first-order valence-electron chi connectivity index (χ1n) is 11.5. The van der Waals surface area contributed by atoms with E-state index in [1.54, 1.807) is 12.1 Å². The van der Waals surface area contributed by atoms with Crippen LogP contribution in [0.15, 0.2) is 18.2 Å². The van der Waals surface area contributed by atoms with Gasteiger partial charge in [0.1, 0.15) is 6.04 Å². The average molecular weight is 458 g/mol.